The van der Waals surface area contributed by atoms with Gasteiger partial charge in [0.15, 0.2) is 0 Å². The Morgan fingerprint density at radius 2 is 1.95 bits per heavy atom. The van der Waals surface area contributed by atoms with Gasteiger partial charge in [-0.3, -0.25) is 4.79 Å². The van der Waals surface area contributed by atoms with Crippen LogP contribution in [0.1, 0.15) is 12.8 Å². The summed E-state index contributed by atoms with van der Waals surface area (Å²) in [6.07, 6.45) is 3.13. The van der Waals surface area contributed by atoms with E-state index < -0.39 is 9.84 Å². The lowest BCUT2D eigenvalue weighted by atomic mass is 9.96. The number of hydrogen-bond acceptors (Lipinski definition) is 5. The molecule has 2 rings (SSSR count). The molecular weight excluding hydrogens is 280 g/mol. The largest absolute Gasteiger partial charge is 0.378 e. The standard InChI is InChI=1S/C13H24N2O4S/c1-20(17,18)10-7-14-4-2-3-12(11-14)13(16)15-5-8-19-9-6-15/h12H,2-11H2,1H3/t12-/m0/s1. The first kappa shape index (κ1) is 15.7. The molecule has 0 N–H and O–H groups in total. The number of carbonyl (C=O) groups is 1. The van der Waals surface area contributed by atoms with Crippen molar-refractivity contribution in [3.63, 3.8) is 0 Å². The van der Waals surface area contributed by atoms with Gasteiger partial charge in [-0.15, -0.1) is 0 Å². The average Bonchev–Trinajstić information content (AvgIpc) is 2.45. The molecule has 7 heteroatoms. The highest BCUT2D eigenvalue weighted by Crippen LogP contribution is 2.19. The lowest BCUT2D eigenvalue weighted by Crippen LogP contribution is -2.48. The van der Waals surface area contributed by atoms with Crippen molar-refractivity contribution in [3.8, 4) is 0 Å². The lowest BCUT2D eigenvalue weighted by molar-refractivity contribution is -0.141. The molecular formula is C13H24N2O4S. The van der Waals surface area contributed by atoms with Crippen molar-refractivity contribution in [3.05, 3.63) is 0 Å². The predicted molar refractivity (Wildman–Crippen MR) is 76.3 cm³/mol. The van der Waals surface area contributed by atoms with E-state index in [1.807, 2.05) is 4.90 Å². The van der Waals surface area contributed by atoms with Gasteiger partial charge in [0.25, 0.3) is 0 Å². The molecule has 0 unspecified atom stereocenters. The maximum atomic E-state index is 12.4. The monoisotopic (exact) mass is 304 g/mol. The fraction of sp³-hybridized carbons (Fsp3) is 0.923. The van der Waals surface area contributed by atoms with Crippen LogP contribution in [0.4, 0.5) is 0 Å². The summed E-state index contributed by atoms with van der Waals surface area (Å²) >= 11 is 0. The summed E-state index contributed by atoms with van der Waals surface area (Å²) < 4.78 is 27.7. The topological polar surface area (TPSA) is 66.9 Å². The number of sulfone groups is 1. The van der Waals surface area contributed by atoms with Crippen LogP contribution in [0.25, 0.3) is 0 Å². The van der Waals surface area contributed by atoms with Gasteiger partial charge in [0.05, 0.1) is 24.9 Å². The Balaban J connectivity index is 1.84. The van der Waals surface area contributed by atoms with Crippen molar-refractivity contribution in [1.29, 1.82) is 0 Å². The van der Waals surface area contributed by atoms with Gasteiger partial charge in [0.1, 0.15) is 9.84 Å². The molecule has 2 aliphatic rings. The fourth-order valence-corrected chi connectivity index (χ4v) is 3.39. The van der Waals surface area contributed by atoms with Crippen molar-refractivity contribution in [2.45, 2.75) is 12.8 Å². The highest BCUT2D eigenvalue weighted by molar-refractivity contribution is 7.90. The van der Waals surface area contributed by atoms with E-state index in [0.717, 1.165) is 19.4 Å². The number of ether oxygens (including phenoxy) is 1. The van der Waals surface area contributed by atoms with Crippen molar-refractivity contribution in [1.82, 2.24) is 9.80 Å². The summed E-state index contributed by atoms with van der Waals surface area (Å²) in [6, 6.07) is 0. The maximum Gasteiger partial charge on any atom is 0.227 e. The SMILES string of the molecule is CS(=O)(=O)CCN1CCC[C@H](C(=O)N2CCOCC2)C1. The first-order chi connectivity index (χ1) is 9.46. The lowest BCUT2D eigenvalue weighted by Gasteiger charge is -2.36. The smallest absolute Gasteiger partial charge is 0.227 e. The second kappa shape index (κ2) is 6.87. The summed E-state index contributed by atoms with van der Waals surface area (Å²) in [5.41, 5.74) is 0. The Kier molecular flexibility index (Phi) is 5.40. The Labute approximate surface area is 121 Å². The number of carbonyl (C=O) groups excluding carboxylic acids is 1. The average molecular weight is 304 g/mol. The number of amides is 1. The van der Waals surface area contributed by atoms with Crippen LogP contribution in [0.5, 0.6) is 0 Å². The molecule has 0 bridgehead atoms. The molecule has 2 aliphatic heterocycles. The van der Waals surface area contributed by atoms with Gasteiger partial charge in [-0.2, -0.15) is 0 Å². The number of piperidine rings is 1. The Morgan fingerprint density at radius 1 is 1.25 bits per heavy atom. The quantitative estimate of drug-likeness (QED) is 0.707. The molecule has 6 nitrogen and oxygen atoms in total. The van der Waals surface area contributed by atoms with E-state index in [0.29, 0.717) is 39.4 Å². The number of hydrogen-bond donors (Lipinski definition) is 0. The summed E-state index contributed by atoms with van der Waals surface area (Å²) in [6.45, 7) is 4.71. The zero-order valence-electron chi connectivity index (χ0n) is 12.1. The minimum atomic E-state index is -2.94. The third-order valence-electron chi connectivity index (χ3n) is 3.96. The van der Waals surface area contributed by atoms with Crippen LogP contribution < -0.4 is 0 Å². The molecule has 1 amide bonds. The minimum Gasteiger partial charge on any atom is -0.378 e. The molecule has 1 atom stereocenters. The number of rotatable bonds is 4. The van der Waals surface area contributed by atoms with Crippen molar-refractivity contribution in [2.24, 2.45) is 5.92 Å². The van der Waals surface area contributed by atoms with Crippen LogP contribution in [0.2, 0.25) is 0 Å². The molecule has 0 aliphatic carbocycles. The van der Waals surface area contributed by atoms with Gasteiger partial charge in [-0.1, -0.05) is 0 Å². The molecule has 20 heavy (non-hydrogen) atoms. The molecule has 0 spiro atoms. The van der Waals surface area contributed by atoms with Gasteiger partial charge in [-0.25, -0.2) is 8.42 Å². The summed E-state index contributed by atoms with van der Waals surface area (Å²) in [7, 11) is -2.94. The van der Waals surface area contributed by atoms with Crippen LogP contribution in [0, 0.1) is 5.92 Å². The first-order valence-electron chi connectivity index (χ1n) is 7.22. The van der Waals surface area contributed by atoms with Crippen molar-refractivity contribution in [2.75, 3.05) is 57.9 Å². The zero-order chi connectivity index (χ0) is 14.6. The molecule has 2 saturated heterocycles. The van der Waals surface area contributed by atoms with E-state index in [9.17, 15) is 13.2 Å². The summed E-state index contributed by atoms with van der Waals surface area (Å²) in [5.74, 6) is 0.393. The molecule has 0 aromatic rings. The van der Waals surface area contributed by atoms with Crippen LogP contribution in [-0.2, 0) is 19.4 Å². The number of likely N-dealkylation sites (tertiary alicyclic amines) is 1. The zero-order valence-corrected chi connectivity index (χ0v) is 12.9. The summed E-state index contributed by atoms with van der Waals surface area (Å²) in [4.78, 5) is 16.4. The maximum absolute atomic E-state index is 12.4. The van der Waals surface area contributed by atoms with E-state index in [2.05, 4.69) is 4.90 Å². The Morgan fingerprint density at radius 3 is 2.60 bits per heavy atom. The molecule has 0 saturated carbocycles. The van der Waals surface area contributed by atoms with Crippen LogP contribution in [0.15, 0.2) is 0 Å². The van der Waals surface area contributed by atoms with E-state index in [-0.39, 0.29) is 17.6 Å². The number of morpholine rings is 1. The van der Waals surface area contributed by atoms with Crippen molar-refractivity contribution < 1.29 is 17.9 Å². The normalized spacial score (nSPS) is 25.6. The van der Waals surface area contributed by atoms with Crippen LogP contribution >= 0.6 is 0 Å². The highest BCUT2D eigenvalue weighted by atomic mass is 32.2. The van der Waals surface area contributed by atoms with Gasteiger partial charge in [-0.05, 0) is 19.4 Å². The van der Waals surface area contributed by atoms with Gasteiger partial charge < -0.3 is 14.5 Å². The first-order valence-corrected chi connectivity index (χ1v) is 9.28. The van der Waals surface area contributed by atoms with E-state index in [1.165, 1.54) is 6.26 Å². The van der Waals surface area contributed by atoms with Gasteiger partial charge >= 0.3 is 0 Å². The van der Waals surface area contributed by atoms with E-state index in [4.69, 9.17) is 4.74 Å². The molecule has 2 heterocycles. The molecule has 2 fully saturated rings. The Hall–Kier alpha value is -0.660. The van der Waals surface area contributed by atoms with Crippen LogP contribution in [0.3, 0.4) is 0 Å². The van der Waals surface area contributed by atoms with Crippen molar-refractivity contribution >= 4 is 15.7 Å². The third kappa shape index (κ3) is 4.71. The Bertz CT molecular complexity index is 432. The van der Waals surface area contributed by atoms with Gasteiger partial charge in [0, 0.05) is 32.4 Å². The van der Waals surface area contributed by atoms with E-state index in [1.54, 1.807) is 0 Å². The molecule has 0 aromatic carbocycles. The number of nitrogens with zero attached hydrogens (tertiary/aromatic N) is 2. The molecule has 0 radical (unpaired) electrons. The second-order valence-corrected chi connectivity index (χ2v) is 7.97. The van der Waals surface area contributed by atoms with Gasteiger partial charge in [0.2, 0.25) is 5.91 Å². The molecule has 116 valence electrons. The predicted octanol–water partition coefficient (Wildman–Crippen LogP) is -0.398. The van der Waals surface area contributed by atoms with E-state index >= 15 is 0 Å². The fourth-order valence-electron chi connectivity index (χ4n) is 2.80. The highest BCUT2D eigenvalue weighted by Gasteiger charge is 2.30. The minimum absolute atomic E-state index is 0.0152. The molecule has 0 aromatic heterocycles. The summed E-state index contributed by atoms with van der Waals surface area (Å²) in [5, 5.41) is 0. The third-order valence-corrected chi connectivity index (χ3v) is 4.88. The second-order valence-electron chi connectivity index (χ2n) is 5.71. The van der Waals surface area contributed by atoms with Crippen LogP contribution in [-0.4, -0.2) is 82.1 Å².